The van der Waals surface area contributed by atoms with Gasteiger partial charge in [0.2, 0.25) is 0 Å². The molecular weight excluding hydrogens is 430 g/mol. The number of phenols is 1. The Bertz CT molecular complexity index is 863. The molecule has 0 aliphatic carbocycles. The van der Waals surface area contributed by atoms with Crippen LogP contribution in [0.15, 0.2) is 34.8 Å². The highest BCUT2D eigenvalue weighted by Gasteiger charge is 2.18. The molecule has 150 valence electrons. The maximum absolute atomic E-state index is 12.7. The van der Waals surface area contributed by atoms with Gasteiger partial charge in [-0.1, -0.05) is 0 Å². The van der Waals surface area contributed by atoms with Crippen LogP contribution in [-0.2, 0) is 0 Å². The first-order valence-electron chi connectivity index (χ1n) is 8.63. The summed E-state index contributed by atoms with van der Waals surface area (Å²) in [6, 6.07) is 6.96. The van der Waals surface area contributed by atoms with E-state index in [-0.39, 0.29) is 29.0 Å². The van der Waals surface area contributed by atoms with Crippen LogP contribution in [0.1, 0.15) is 48.4 Å². The van der Waals surface area contributed by atoms with Crippen LogP contribution in [0.25, 0.3) is 0 Å². The number of carboxylic acid groups (broad SMARTS) is 1. The zero-order valence-electron chi connectivity index (χ0n) is 15.9. The number of anilines is 1. The van der Waals surface area contributed by atoms with Crippen molar-refractivity contribution in [1.29, 1.82) is 0 Å². The van der Waals surface area contributed by atoms with Gasteiger partial charge in [-0.25, -0.2) is 4.79 Å². The van der Waals surface area contributed by atoms with Crippen LogP contribution in [0.2, 0.25) is 0 Å². The van der Waals surface area contributed by atoms with Crippen molar-refractivity contribution in [3.8, 4) is 17.2 Å². The Hall–Kier alpha value is -2.74. The summed E-state index contributed by atoms with van der Waals surface area (Å²) in [5.41, 5.74) is 0.297. The smallest absolute Gasteiger partial charge is 0.339 e. The van der Waals surface area contributed by atoms with Crippen molar-refractivity contribution in [2.45, 2.75) is 39.9 Å². The number of carbonyl (C=O) groups is 2. The number of nitrogens with one attached hydrogen (secondary N) is 1. The molecule has 0 unspecified atom stereocenters. The molecule has 2 rings (SSSR count). The van der Waals surface area contributed by atoms with Crippen LogP contribution in [0, 0.1) is 0 Å². The molecule has 0 aliphatic rings. The average molecular weight is 452 g/mol. The molecule has 0 atom stereocenters. The zero-order valence-corrected chi connectivity index (χ0v) is 17.5. The van der Waals surface area contributed by atoms with E-state index in [4.69, 9.17) is 14.6 Å². The fraction of sp³-hybridized carbons (Fsp3) is 0.300. The van der Waals surface area contributed by atoms with Gasteiger partial charge in [0.15, 0.2) is 0 Å². The quantitative estimate of drug-likeness (QED) is 0.564. The third-order valence-electron chi connectivity index (χ3n) is 3.48. The van der Waals surface area contributed by atoms with E-state index < -0.39 is 17.6 Å². The van der Waals surface area contributed by atoms with E-state index in [2.05, 4.69) is 21.2 Å². The molecule has 0 spiro atoms. The lowest BCUT2D eigenvalue weighted by molar-refractivity contribution is 0.0693. The van der Waals surface area contributed by atoms with Gasteiger partial charge in [-0.05, 0) is 67.9 Å². The van der Waals surface area contributed by atoms with E-state index in [0.717, 1.165) is 0 Å². The lowest BCUT2D eigenvalue weighted by atomic mass is 10.1. The van der Waals surface area contributed by atoms with Crippen LogP contribution in [-0.4, -0.2) is 34.3 Å². The van der Waals surface area contributed by atoms with Crippen molar-refractivity contribution in [2.24, 2.45) is 0 Å². The predicted molar refractivity (Wildman–Crippen MR) is 109 cm³/mol. The Labute approximate surface area is 171 Å². The van der Waals surface area contributed by atoms with Crippen LogP contribution < -0.4 is 14.8 Å². The largest absolute Gasteiger partial charge is 0.507 e. The fourth-order valence-electron chi connectivity index (χ4n) is 2.38. The van der Waals surface area contributed by atoms with Crippen molar-refractivity contribution in [1.82, 2.24) is 0 Å². The summed E-state index contributed by atoms with van der Waals surface area (Å²) in [7, 11) is 0. The van der Waals surface area contributed by atoms with Crippen LogP contribution >= 0.6 is 15.9 Å². The van der Waals surface area contributed by atoms with Gasteiger partial charge < -0.3 is 25.0 Å². The highest BCUT2D eigenvalue weighted by atomic mass is 79.9. The number of hydrogen-bond acceptors (Lipinski definition) is 5. The second-order valence-electron chi connectivity index (χ2n) is 6.61. The molecule has 0 saturated carbocycles. The second-order valence-corrected chi connectivity index (χ2v) is 7.40. The van der Waals surface area contributed by atoms with E-state index in [0.29, 0.717) is 16.0 Å². The maximum Gasteiger partial charge on any atom is 0.339 e. The molecule has 0 aliphatic heterocycles. The fourth-order valence-corrected chi connectivity index (χ4v) is 2.79. The van der Waals surface area contributed by atoms with E-state index in [1.165, 1.54) is 18.2 Å². The predicted octanol–water partition coefficient (Wildman–Crippen LogP) is 4.68. The van der Waals surface area contributed by atoms with E-state index in [1.54, 1.807) is 12.1 Å². The Balaban J connectivity index is 2.35. The summed E-state index contributed by atoms with van der Waals surface area (Å²) in [4.78, 5) is 23.7. The van der Waals surface area contributed by atoms with Gasteiger partial charge in [0.05, 0.1) is 12.2 Å². The lowest BCUT2D eigenvalue weighted by Gasteiger charge is -2.18. The van der Waals surface area contributed by atoms with Crippen molar-refractivity contribution >= 4 is 33.5 Å². The summed E-state index contributed by atoms with van der Waals surface area (Å²) in [5, 5.41) is 21.4. The van der Waals surface area contributed by atoms with Crippen molar-refractivity contribution < 1.29 is 29.3 Å². The molecule has 2 aromatic rings. The summed E-state index contributed by atoms with van der Waals surface area (Å²) >= 11 is 3.45. The third kappa shape index (κ3) is 5.39. The average Bonchev–Trinajstić information content (AvgIpc) is 2.57. The van der Waals surface area contributed by atoms with Gasteiger partial charge in [-0.3, -0.25) is 4.79 Å². The zero-order chi connectivity index (χ0) is 21.0. The number of aromatic hydroxyl groups is 1. The van der Waals surface area contributed by atoms with Gasteiger partial charge in [-0.2, -0.15) is 0 Å². The number of rotatable bonds is 7. The number of ether oxygens (including phenoxy) is 2. The monoisotopic (exact) mass is 451 g/mol. The van der Waals surface area contributed by atoms with E-state index >= 15 is 0 Å². The molecule has 0 heterocycles. The second kappa shape index (κ2) is 8.97. The molecule has 28 heavy (non-hydrogen) atoms. The number of carbonyl (C=O) groups excluding carboxylic acids is 1. The van der Waals surface area contributed by atoms with E-state index in [1.807, 2.05) is 27.7 Å². The molecule has 2 aromatic carbocycles. The minimum atomic E-state index is -1.26. The Morgan fingerprint density at radius 2 is 1.54 bits per heavy atom. The van der Waals surface area contributed by atoms with Crippen LogP contribution in [0.4, 0.5) is 5.69 Å². The lowest BCUT2D eigenvalue weighted by Crippen LogP contribution is -2.15. The van der Waals surface area contributed by atoms with Gasteiger partial charge in [-0.15, -0.1) is 0 Å². The highest BCUT2D eigenvalue weighted by Crippen LogP contribution is 2.37. The molecular formula is C20H22BrNO6. The summed E-state index contributed by atoms with van der Waals surface area (Å²) in [6.45, 7) is 7.48. The normalized spacial score (nSPS) is 10.8. The number of benzene rings is 2. The van der Waals surface area contributed by atoms with Crippen molar-refractivity contribution in [3.05, 3.63) is 45.9 Å². The van der Waals surface area contributed by atoms with Crippen LogP contribution in [0.3, 0.4) is 0 Å². The number of aromatic carboxylic acids is 1. The SMILES string of the molecule is CC(C)Oc1cc(C(=O)Nc2ccc(C(=O)O)c(O)c2)cc(OC(C)C)c1Br. The molecule has 0 radical (unpaired) electrons. The van der Waals surface area contributed by atoms with Gasteiger partial charge in [0.25, 0.3) is 5.91 Å². The first-order valence-corrected chi connectivity index (χ1v) is 9.42. The number of carboxylic acids is 1. The number of halogens is 1. The Kier molecular flexibility index (Phi) is 6.90. The molecule has 0 aromatic heterocycles. The first kappa shape index (κ1) is 21.6. The van der Waals surface area contributed by atoms with Crippen molar-refractivity contribution in [3.63, 3.8) is 0 Å². The number of amides is 1. The molecule has 0 saturated heterocycles. The molecule has 0 bridgehead atoms. The van der Waals surface area contributed by atoms with Gasteiger partial charge in [0, 0.05) is 17.3 Å². The van der Waals surface area contributed by atoms with Crippen molar-refractivity contribution in [2.75, 3.05) is 5.32 Å². The maximum atomic E-state index is 12.7. The third-order valence-corrected chi connectivity index (χ3v) is 4.26. The molecule has 7 nitrogen and oxygen atoms in total. The van der Waals surface area contributed by atoms with E-state index in [9.17, 15) is 14.7 Å². The van der Waals surface area contributed by atoms with Gasteiger partial charge in [0.1, 0.15) is 27.3 Å². The topological polar surface area (TPSA) is 105 Å². The molecule has 8 heteroatoms. The van der Waals surface area contributed by atoms with Gasteiger partial charge >= 0.3 is 5.97 Å². The summed E-state index contributed by atoms with van der Waals surface area (Å²) in [6.07, 6.45) is -0.218. The molecule has 0 fully saturated rings. The number of hydrogen-bond donors (Lipinski definition) is 3. The minimum absolute atomic E-state index is 0.109. The minimum Gasteiger partial charge on any atom is -0.507 e. The summed E-state index contributed by atoms with van der Waals surface area (Å²) in [5.74, 6) is -1.23. The molecule has 1 amide bonds. The molecule has 3 N–H and O–H groups in total. The standard InChI is InChI=1S/C20H22BrNO6/c1-10(2)27-16-7-12(8-17(18(16)21)28-11(3)4)19(24)22-13-5-6-14(20(25)26)15(23)9-13/h5-11,23H,1-4H3,(H,22,24)(H,25,26). The first-order chi connectivity index (χ1) is 13.1. The Morgan fingerprint density at radius 1 is 1.00 bits per heavy atom. The highest BCUT2D eigenvalue weighted by molar-refractivity contribution is 9.10. The van der Waals surface area contributed by atoms with Crippen LogP contribution in [0.5, 0.6) is 17.2 Å². The Morgan fingerprint density at radius 3 is 1.96 bits per heavy atom. The summed E-state index contributed by atoms with van der Waals surface area (Å²) < 4.78 is 12.1.